The quantitative estimate of drug-likeness (QED) is 0.329. The van der Waals surface area contributed by atoms with Gasteiger partial charge in [-0.1, -0.05) is 36.4 Å². The minimum Gasteiger partial charge on any atom is -0.618 e. The number of rotatable bonds is 4. The van der Waals surface area contributed by atoms with E-state index in [0.717, 1.165) is 11.8 Å². The average Bonchev–Trinajstić information content (AvgIpc) is 2.71. The van der Waals surface area contributed by atoms with Crippen LogP contribution in [-0.2, 0) is 4.79 Å². The second kappa shape index (κ2) is 7.28. The first kappa shape index (κ1) is 17.9. The van der Waals surface area contributed by atoms with Crippen molar-refractivity contribution in [3.8, 4) is 0 Å². The zero-order chi connectivity index (χ0) is 19.7. The summed E-state index contributed by atoms with van der Waals surface area (Å²) in [7, 11) is 0. The summed E-state index contributed by atoms with van der Waals surface area (Å²) in [5, 5.41) is 14.8. The lowest BCUT2D eigenvalue weighted by Gasteiger charge is -2.20. The van der Waals surface area contributed by atoms with Crippen LogP contribution in [0.25, 0.3) is 0 Å². The van der Waals surface area contributed by atoms with Gasteiger partial charge in [-0.25, -0.2) is 0 Å². The zero-order valence-electron chi connectivity index (χ0n) is 14.5. The number of benzene rings is 2. The van der Waals surface area contributed by atoms with E-state index in [-0.39, 0.29) is 34.4 Å². The van der Waals surface area contributed by atoms with E-state index in [0.29, 0.717) is 26.6 Å². The number of pyridine rings is 1. The van der Waals surface area contributed by atoms with Crippen LogP contribution >= 0.6 is 11.8 Å². The van der Waals surface area contributed by atoms with Gasteiger partial charge in [0.2, 0.25) is 5.91 Å². The number of carbonyl (C=O) groups is 3. The van der Waals surface area contributed by atoms with Gasteiger partial charge in [0.15, 0.2) is 17.8 Å². The second-order valence-corrected chi connectivity index (χ2v) is 7.13. The molecular formula is C21H14N2O4S. The monoisotopic (exact) mass is 390 g/mol. The predicted octanol–water partition coefficient (Wildman–Crippen LogP) is 2.83. The normalized spacial score (nSPS) is 12.3. The third-order valence-electron chi connectivity index (χ3n) is 4.37. The lowest BCUT2D eigenvalue weighted by Crippen LogP contribution is -2.28. The van der Waals surface area contributed by atoms with Gasteiger partial charge in [-0.05, 0) is 23.9 Å². The van der Waals surface area contributed by atoms with Crippen LogP contribution in [0.1, 0.15) is 31.8 Å². The lowest BCUT2D eigenvalue weighted by molar-refractivity contribution is -0.645. The third-order valence-corrected chi connectivity index (χ3v) is 5.38. The SMILES string of the molecule is O=C(CSc1cccc[n+]1[O-])Nc1cccc2c1C(=O)c1ccccc1C2=O. The molecule has 1 heterocycles. The van der Waals surface area contributed by atoms with Crippen molar-refractivity contribution in [3.05, 3.63) is 94.3 Å². The summed E-state index contributed by atoms with van der Waals surface area (Å²) < 4.78 is 0.682. The second-order valence-electron chi connectivity index (χ2n) is 6.13. The van der Waals surface area contributed by atoms with E-state index in [1.807, 2.05) is 0 Å². The molecule has 1 N–H and O–H groups in total. The fourth-order valence-electron chi connectivity index (χ4n) is 3.10. The minimum absolute atomic E-state index is 0.00531. The van der Waals surface area contributed by atoms with E-state index in [9.17, 15) is 19.6 Å². The maximum absolute atomic E-state index is 12.9. The molecule has 2 aromatic carbocycles. The van der Waals surface area contributed by atoms with Gasteiger partial charge >= 0.3 is 0 Å². The Kier molecular flexibility index (Phi) is 4.67. The van der Waals surface area contributed by atoms with Crippen molar-refractivity contribution >= 4 is 34.9 Å². The Labute approximate surface area is 164 Å². The third kappa shape index (κ3) is 3.16. The molecule has 0 saturated heterocycles. The number of hydrogen-bond donors (Lipinski definition) is 1. The molecule has 0 aliphatic heterocycles. The van der Waals surface area contributed by atoms with Gasteiger partial charge in [-0.15, -0.1) is 0 Å². The van der Waals surface area contributed by atoms with Gasteiger partial charge in [-0.3, -0.25) is 14.4 Å². The van der Waals surface area contributed by atoms with E-state index in [1.54, 1.807) is 60.7 Å². The number of carbonyl (C=O) groups excluding carboxylic acids is 3. The summed E-state index contributed by atoms with van der Waals surface area (Å²) in [6.07, 6.45) is 1.36. The number of nitrogens with zero attached hydrogens (tertiary/aromatic N) is 1. The molecule has 0 radical (unpaired) electrons. The number of aromatic nitrogens is 1. The van der Waals surface area contributed by atoms with Crippen LogP contribution in [0, 0.1) is 5.21 Å². The number of thioether (sulfide) groups is 1. The van der Waals surface area contributed by atoms with Gasteiger partial charge in [0.25, 0.3) is 5.03 Å². The highest BCUT2D eigenvalue weighted by Crippen LogP contribution is 2.32. The van der Waals surface area contributed by atoms with Crippen molar-refractivity contribution in [3.63, 3.8) is 0 Å². The Balaban J connectivity index is 1.59. The van der Waals surface area contributed by atoms with Crippen molar-refractivity contribution in [1.82, 2.24) is 0 Å². The topological polar surface area (TPSA) is 90.2 Å². The van der Waals surface area contributed by atoms with Crippen LogP contribution in [0.15, 0.2) is 71.9 Å². The molecule has 138 valence electrons. The molecule has 3 aromatic rings. The van der Waals surface area contributed by atoms with Crippen molar-refractivity contribution < 1.29 is 19.1 Å². The summed E-state index contributed by atoms with van der Waals surface area (Å²) in [6, 6.07) is 16.4. The van der Waals surface area contributed by atoms with Gasteiger partial charge in [-0.2, -0.15) is 4.73 Å². The summed E-state index contributed by atoms with van der Waals surface area (Å²) in [5.41, 5.74) is 1.45. The molecule has 0 fully saturated rings. The van der Waals surface area contributed by atoms with Crippen molar-refractivity contribution in [2.45, 2.75) is 5.03 Å². The van der Waals surface area contributed by atoms with Gasteiger partial charge in [0.05, 0.1) is 17.0 Å². The molecule has 0 spiro atoms. The smallest absolute Gasteiger partial charge is 0.251 e. The molecular weight excluding hydrogens is 376 g/mol. The zero-order valence-corrected chi connectivity index (χ0v) is 15.4. The molecule has 1 aliphatic rings. The fraction of sp³-hybridized carbons (Fsp3) is 0.0476. The molecule has 0 atom stereocenters. The van der Waals surface area contributed by atoms with E-state index in [2.05, 4.69) is 5.32 Å². The summed E-state index contributed by atoms with van der Waals surface area (Å²) in [4.78, 5) is 38.0. The van der Waals surface area contributed by atoms with Gasteiger partial charge in [0.1, 0.15) is 0 Å². The standard InChI is InChI=1S/C21H14N2O4S/c24-17(12-28-18-10-3-4-11-23(18)27)22-16-9-5-8-15-19(16)21(26)14-7-2-1-6-13(14)20(15)25/h1-11H,12H2,(H,22,24). The van der Waals surface area contributed by atoms with Crippen LogP contribution in [0.3, 0.4) is 0 Å². The maximum Gasteiger partial charge on any atom is 0.251 e. The molecule has 0 bridgehead atoms. The van der Waals surface area contributed by atoms with Crippen LogP contribution in [0.4, 0.5) is 5.69 Å². The fourth-order valence-corrected chi connectivity index (χ4v) is 3.81. The van der Waals surface area contributed by atoms with Crippen LogP contribution < -0.4 is 10.0 Å². The first-order chi connectivity index (χ1) is 13.6. The van der Waals surface area contributed by atoms with E-state index in [1.165, 1.54) is 6.20 Å². The number of anilines is 1. The number of hydrogen-bond acceptors (Lipinski definition) is 5. The minimum atomic E-state index is -0.374. The van der Waals surface area contributed by atoms with E-state index in [4.69, 9.17) is 0 Å². The molecule has 1 aliphatic carbocycles. The van der Waals surface area contributed by atoms with Crippen LogP contribution in [0.2, 0.25) is 0 Å². The Morgan fingerprint density at radius 1 is 0.893 bits per heavy atom. The number of fused-ring (bicyclic) bond motifs is 2. The molecule has 0 unspecified atom stereocenters. The molecule has 7 heteroatoms. The van der Waals surface area contributed by atoms with Crippen molar-refractivity contribution in [2.24, 2.45) is 0 Å². The molecule has 1 amide bonds. The Morgan fingerprint density at radius 3 is 2.32 bits per heavy atom. The highest BCUT2D eigenvalue weighted by atomic mass is 32.2. The van der Waals surface area contributed by atoms with E-state index < -0.39 is 0 Å². The highest BCUT2D eigenvalue weighted by Gasteiger charge is 2.31. The first-order valence-corrected chi connectivity index (χ1v) is 9.47. The summed E-state index contributed by atoms with van der Waals surface area (Å²) in [5.74, 6) is -0.919. The molecule has 1 aromatic heterocycles. The number of ketones is 2. The largest absolute Gasteiger partial charge is 0.618 e. The molecule has 28 heavy (non-hydrogen) atoms. The summed E-state index contributed by atoms with van der Waals surface area (Å²) >= 11 is 1.09. The number of nitrogens with one attached hydrogen (secondary N) is 1. The van der Waals surface area contributed by atoms with E-state index >= 15 is 0 Å². The van der Waals surface area contributed by atoms with Gasteiger partial charge in [0, 0.05) is 28.8 Å². The maximum atomic E-state index is 12.9. The first-order valence-electron chi connectivity index (χ1n) is 8.48. The summed E-state index contributed by atoms with van der Waals surface area (Å²) in [6.45, 7) is 0. The van der Waals surface area contributed by atoms with Crippen LogP contribution in [0.5, 0.6) is 0 Å². The molecule has 0 saturated carbocycles. The van der Waals surface area contributed by atoms with Crippen molar-refractivity contribution in [1.29, 1.82) is 0 Å². The number of amides is 1. The molecule has 6 nitrogen and oxygen atoms in total. The Bertz CT molecular complexity index is 1130. The Hall–Kier alpha value is -3.45. The predicted molar refractivity (Wildman–Crippen MR) is 105 cm³/mol. The lowest BCUT2D eigenvalue weighted by atomic mass is 9.83. The van der Waals surface area contributed by atoms with Crippen molar-refractivity contribution in [2.75, 3.05) is 11.1 Å². The molecule has 4 rings (SSSR count). The van der Waals surface area contributed by atoms with Crippen LogP contribution in [-0.4, -0.2) is 23.2 Å². The average molecular weight is 390 g/mol. The highest BCUT2D eigenvalue weighted by molar-refractivity contribution is 7.99. The Morgan fingerprint density at radius 2 is 1.57 bits per heavy atom. The van der Waals surface area contributed by atoms with Gasteiger partial charge < -0.3 is 10.5 Å².